The van der Waals surface area contributed by atoms with Crippen LogP contribution in [0.4, 0.5) is 5.69 Å². The van der Waals surface area contributed by atoms with Crippen LogP contribution in [0.3, 0.4) is 0 Å². The summed E-state index contributed by atoms with van der Waals surface area (Å²) in [6, 6.07) is 1.59. The highest BCUT2D eigenvalue weighted by Gasteiger charge is 2.14. The average molecular weight is 231 g/mol. The minimum atomic E-state index is -0.580. The number of anilines is 1. The molecule has 84 valence electrons. The number of rotatable bonds is 1. The average Bonchev–Trinajstić information content (AvgIpc) is 2.25. The van der Waals surface area contributed by atoms with E-state index in [0.29, 0.717) is 11.3 Å². The van der Waals surface area contributed by atoms with Crippen LogP contribution in [0.1, 0.15) is 29.9 Å². The smallest absolute Gasteiger partial charge is 0.358 e. The number of ether oxygens (including phenoxy) is 1. The van der Waals surface area contributed by atoms with Gasteiger partial charge in [0.25, 0.3) is 0 Å². The molecule has 1 heterocycles. The third-order valence-corrected chi connectivity index (χ3v) is 1.81. The van der Waals surface area contributed by atoms with E-state index in [0.717, 1.165) is 0 Å². The topological polar surface area (TPSA) is 65.2 Å². The number of nitrogens with zero attached hydrogens (tertiary/aromatic N) is 1. The maximum absolute atomic E-state index is 11.1. The lowest BCUT2D eigenvalue weighted by molar-refractivity contribution is 0.0595. The van der Waals surface area contributed by atoms with Gasteiger partial charge in [-0.15, -0.1) is 0 Å². The number of nitrogen functional groups attached to an aromatic ring is 1. The van der Waals surface area contributed by atoms with Gasteiger partial charge in [-0.3, -0.25) is 0 Å². The summed E-state index contributed by atoms with van der Waals surface area (Å²) in [5, 5.41) is 0.229. The molecule has 0 aromatic carbocycles. The highest BCUT2D eigenvalue weighted by atomic mass is 35.5. The van der Waals surface area contributed by atoms with Crippen LogP contribution in [0.25, 0.3) is 0 Å². The van der Waals surface area contributed by atoms with Crippen molar-refractivity contribution in [3.8, 4) is 0 Å². The molecule has 0 fully saturated rings. The van der Waals surface area contributed by atoms with E-state index in [1.165, 1.54) is 7.11 Å². The van der Waals surface area contributed by atoms with Crippen LogP contribution in [0.5, 0.6) is 0 Å². The monoisotopic (exact) mass is 230 g/mol. The molecule has 0 atom stereocenters. The second-order valence-electron chi connectivity index (χ2n) is 2.52. The Hall–Kier alpha value is -1.29. The van der Waals surface area contributed by atoms with Crippen molar-refractivity contribution < 1.29 is 9.53 Å². The van der Waals surface area contributed by atoms with Gasteiger partial charge in [-0.2, -0.15) is 0 Å². The lowest BCUT2D eigenvalue weighted by Crippen LogP contribution is -2.09. The molecule has 0 unspecified atom stereocenters. The van der Waals surface area contributed by atoms with Gasteiger partial charge in [-0.25, -0.2) is 9.78 Å². The first-order valence-electron chi connectivity index (χ1n) is 4.57. The molecular formula is C10H15ClN2O2. The van der Waals surface area contributed by atoms with Gasteiger partial charge in [-0.05, 0) is 18.6 Å². The molecule has 1 aromatic heterocycles. The van der Waals surface area contributed by atoms with E-state index in [4.69, 9.17) is 17.3 Å². The van der Waals surface area contributed by atoms with Crippen LogP contribution in [-0.2, 0) is 4.74 Å². The Balaban J connectivity index is 0.000000921. The van der Waals surface area contributed by atoms with Crippen molar-refractivity contribution in [3.05, 3.63) is 22.5 Å². The molecule has 2 N–H and O–H groups in total. The molecule has 1 rings (SSSR count). The highest BCUT2D eigenvalue weighted by molar-refractivity contribution is 6.29. The van der Waals surface area contributed by atoms with E-state index in [-0.39, 0.29) is 10.8 Å². The summed E-state index contributed by atoms with van der Waals surface area (Å²) >= 11 is 5.65. The van der Waals surface area contributed by atoms with Crippen molar-refractivity contribution in [2.75, 3.05) is 12.8 Å². The Bertz CT molecular complexity index is 354. The van der Waals surface area contributed by atoms with Crippen molar-refractivity contribution in [2.45, 2.75) is 20.8 Å². The molecule has 0 saturated carbocycles. The summed E-state index contributed by atoms with van der Waals surface area (Å²) in [6.45, 7) is 5.75. The minimum absolute atomic E-state index is 0.0625. The van der Waals surface area contributed by atoms with Crippen LogP contribution in [0.2, 0.25) is 5.15 Å². The van der Waals surface area contributed by atoms with Gasteiger partial charge in [0.1, 0.15) is 5.15 Å². The zero-order chi connectivity index (χ0) is 12.0. The maximum atomic E-state index is 11.1. The molecule has 0 saturated heterocycles. The van der Waals surface area contributed by atoms with Crippen LogP contribution in [0, 0.1) is 6.92 Å². The van der Waals surface area contributed by atoms with Gasteiger partial charge < -0.3 is 10.5 Å². The third kappa shape index (κ3) is 3.40. The normalized spacial score (nSPS) is 8.87. The van der Waals surface area contributed by atoms with Gasteiger partial charge in [-0.1, -0.05) is 25.4 Å². The summed E-state index contributed by atoms with van der Waals surface area (Å²) < 4.78 is 4.49. The molecule has 0 amide bonds. The first kappa shape index (κ1) is 13.7. The number of carbonyl (C=O) groups excluding carboxylic acids is 1. The second-order valence-corrected chi connectivity index (χ2v) is 2.90. The summed E-state index contributed by atoms with van der Waals surface area (Å²) in [5.41, 5.74) is 6.68. The molecule has 0 aliphatic rings. The Morgan fingerprint density at radius 2 is 2.07 bits per heavy atom. The molecule has 5 heteroatoms. The van der Waals surface area contributed by atoms with Crippen molar-refractivity contribution in [1.82, 2.24) is 4.98 Å². The van der Waals surface area contributed by atoms with E-state index in [1.54, 1.807) is 13.0 Å². The number of aromatic nitrogens is 1. The Morgan fingerprint density at radius 1 is 1.53 bits per heavy atom. The van der Waals surface area contributed by atoms with Gasteiger partial charge in [0.05, 0.1) is 12.8 Å². The van der Waals surface area contributed by atoms with Crippen LogP contribution >= 0.6 is 11.6 Å². The lowest BCUT2D eigenvalue weighted by atomic mass is 10.2. The van der Waals surface area contributed by atoms with E-state index in [1.807, 2.05) is 13.8 Å². The summed E-state index contributed by atoms with van der Waals surface area (Å²) in [6.07, 6.45) is 0. The molecule has 0 bridgehead atoms. The van der Waals surface area contributed by atoms with Crippen LogP contribution in [0.15, 0.2) is 6.07 Å². The van der Waals surface area contributed by atoms with E-state index in [9.17, 15) is 4.79 Å². The Labute approximate surface area is 94.4 Å². The fourth-order valence-electron chi connectivity index (χ4n) is 0.895. The predicted molar refractivity (Wildman–Crippen MR) is 61.1 cm³/mol. The minimum Gasteiger partial charge on any atom is -0.464 e. The predicted octanol–water partition coefficient (Wildman–Crippen LogP) is 2.44. The van der Waals surface area contributed by atoms with Crippen molar-refractivity contribution in [1.29, 1.82) is 0 Å². The molecule has 0 radical (unpaired) electrons. The number of esters is 1. The first-order valence-corrected chi connectivity index (χ1v) is 4.95. The number of carbonyl (C=O) groups is 1. The Morgan fingerprint density at radius 3 is 2.53 bits per heavy atom. The van der Waals surface area contributed by atoms with Gasteiger partial charge in [0.2, 0.25) is 0 Å². The summed E-state index contributed by atoms with van der Waals surface area (Å²) in [4.78, 5) is 14.9. The number of methoxy groups -OCH3 is 1. The lowest BCUT2D eigenvalue weighted by Gasteiger charge is -2.05. The van der Waals surface area contributed by atoms with Gasteiger partial charge >= 0.3 is 5.97 Å². The maximum Gasteiger partial charge on any atom is 0.358 e. The number of pyridine rings is 1. The second kappa shape index (κ2) is 6.24. The van der Waals surface area contributed by atoms with Gasteiger partial charge in [0, 0.05) is 0 Å². The molecule has 15 heavy (non-hydrogen) atoms. The molecular weight excluding hydrogens is 216 g/mol. The standard InChI is InChI=1S/C8H9ClN2O2.C2H6/c1-4-3-5(9)11-7(6(4)10)8(12)13-2;1-2/h3H,10H2,1-2H3;1-2H3. The number of nitrogens with two attached hydrogens (primary N) is 1. The molecule has 0 aliphatic carbocycles. The largest absolute Gasteiger partial charge is 0.464 e. The van der Waals surface area contributed by atoms with E-state index >= 15 is 0 Å². The van der Waals surface area contributed by atoms with Crippen LogP contribution < -0.4 is 5.73 Å². The zero-order valence-corrected chi connectivity index (χ0v) is 10.1. The number of aryl methyl sites for hydroxylation is 1. The molecule has 1 aromatic rings. The van der Waals surface area contributed by atoms with Crippen molar-refractivity contribution in [3.63, 3.8) is 0 Å². The number of halogens is 1. The SMILES string of the molecule is CC.COC(=O)c1nc(Cl)cc(C)c1N. The van der Waals surface area contributed by atoms with E-state index in [2.05, 4.69) is 9.72 Å². The molecule has 4 nitrogen and oxygen atoms in total. The summed E-state index contributed by atoms with van der Waals surface area (Å²) in [7, 11) is 1.26. The van der Waals surface area contributed by atoms with E-state index < -0.39 is 5.97 Å². The Kier molecular flexibility index (Phi) is 5.70. The zero-order valence-electron chi connectivity index (χ0n) is 9.30. The fourth-order valence-corrected chi connectivity index (χ4v) is 1.14. The molecule has 0 aliphatic heterocycles. The van der Waals surface area contributed by atoms with Gasteiger partial charge in [0.15, 0.2) is 5.69 Å². The highest BCUT2D eigenvalue weighted by Crippen LogP contribution is 2.19. The first-order chi connectivity index (χ1) is 7.06. The fraction of sp³-hybridized carbons (Fsp3) is 0.400. The molecule has 0 spiro atoms. The van der Waals surface area contributed by atoms with Crippen molar-refractivity contribution >= 4 is 23.3 Å². The summed E-state index contributed by atoms with van der Waals surface area (Å²) in [5.74, 6) is -0.580. The van der Waals surface area contributed by atoms with Crippen LogP contribution in [-0.4, -0.2) is 18.1 Å². The third-order valence-electron chi connectivity index (χ3n) is 1.61. The van der Waals surface area contributed by atoms with Crippen molar-refractivity contribution in [2.24, 2.45) is 0 Å². The number of hydrogen-bond acceptors (Lipinski definition) is 4. The quantitative estimate of drug-likeness (QED) is 0.595. The number of hydrogen-bond donors (Lipinski definition) is 1.